The van der Waals surface area contributed by atoms with Gasteiger partial charge in [0.25, 0.3) is 5.69 Å². The monoisotopic (exact) mass is 296 g/mol. The number of nitrogens with one attached hydrogen (secondary N) is 1. The minimum absolute atomic E-state index is 0.0342. The zero-order valence-corrected chi connectivity index (χ0v) is 11.8. The lowest BCUT2D eigenvalue weighted by molar-refractivity contribution is -0.384. The number of nitrogens with zero attached hydrogens (tertiary/aromatic N) is 1. The molecule has 0 aromatic heterocycles. The Hall–Kier alpha value is -1.33. The molecule has 6 heteroatoms. The molecule has 1 aromatic carbocycles. The number of hydrogen-bond donors (Lipinski definition) is 1. The van der Waals surface area contributed by atoms with E-state index in [4.69, 9.17) is 16.3 Å². The van der Waals surface area contributed by atoms with Crippen LogP contribution < -0.4 is 5.32 Å². The summed E-state index contributed by atoms with van der Waals surface area (Å²) in [7, 11) is 0. The predicted octanol–water partition coefficient (Wildman–Crippen LogP) is 3.62. The molecule has 1 N–H and O–H groups in total. The Morgan fingerprint density at radius 1 is 1.35 bits per heavy atom. The third kappa shape index (κ3) is 3.04. The lowest BCUT2D eigenvalue weighted by atomic mass is 9.99. The van der Waals surface area contributed by atoms with E-state index in [0.717, 1.165) is 19.4 Å². The van der Waals surface area contributed by atoms with E-state index in [9.17, 15) is 10.1 Å². The topological polar surface area (TPSA) is 64.4 Å². The van der Waals surface area contributed by atoms with Crippen molar-refractivity contribution in [3.05, 3.63) is 33.3 Å². The Kier molecular flexibility index (Phi) is 3.81. The predicted molar refractivity (Wildman–Crippen MR) is 77.2 cm³/mol. The number of rotatable bonds is 4. The van der Waals surface area contributed by atoms with Gasteiger partial charge < -0.3 is 10.1 Å². The van der Waals surface area contributed by atoms with E-state index in [2.05, 4.69) is 5.32 Å². The zero-order valence-electron chi connectivity index (χ0n) is 11.0. The Morgan fingerprint density at radius 3 is 2.85 bits per heavy atom. The Morgan fingerprint density at radius 2 is 2.15 bits per heavy atom. The summed E-state index contributed by atoms with van der Waals surface area (Å²) in [6, 6.07) is 4.98. The van der Waals surface area contributed by atoms with Gasteiger partial charge in [-0.1, -0.05) is 11.6 Å². The quantitative estimate of drug-likeness (QED) is 0.681. The van der Waals surface area contributed by atoms with Gasteiger partial charge in [0.2, 0.25) is 0 Å². The van der Waals surface area contributed by atoms with Crippen LogP contribution in [0.3, 0.4) is 0 Å². The van der Waals surface area contributed by atoms with Crippen molar-refractivity contribution in [2.75, 3.05) is 11.9 Å². The van der Waals surface area contributed by atoms with Crippen LogP contribution in [0, 0.1) is 16.0 Å². The first-order valence-electron chi connectivity index (χ1n) is 6.95. The molecule has 2 aliphatic rings. The smallest absolute Gasteiger partial charge is 0.293 e. The fourth-order valence-electron chi connectivity index (χ4n) is 2.75. The van der Waals surface area contributed by atoms with Gasteiger partial charge in [-0.05, 0) is 43.7 Å². The average Bonchev–Trinajstić information content (AvgIpc) is 3.25. The molecule has 2 unspecified atom stereocenters. The second-order valence-electron chi connectivity index (χ2n) is 5.53. The van der Waals surface area contributed by atoms with E-state index in [-0.39, 0.29) is 11.7 Å². The molecule has 1 aliphatic carbocycles. The van der Waals surface area contributed by atoms with Gasteiger partial charge in [0, 0.05) is 23.7 Å². The van der Waals surface area contributed by atoms with Crippen molar-refractivity contribution >= 4 is 23.0 Å². The van der Waals surface area contributed by atoms with Crippen molar-refractivity contribution in [3.8, 4) is 0 Å². The van der Waals surface area contributed by atoms with E-state index in [1.54, 1.807) is 12.1 Å². The van der Waals surface area contributed by atoms with Gasteiger partial charge in [-0.25, -0.2) is 0 Å². The summed E-state index contributed by atoms with van der Waals surface area (Å²) in [6.45, 7) is 0.722. The molecule has 0 amide bonds. The Balaban J connectivity index is 1.71. The molecule has 3 rings (SSSR count). The molecule has 20 heavy (non-hydrogen) atoms. The normalized spacial score (nSPS) is 26.2. The molecule has 1 aliphatic heterocycles. The van der Waals surface area contributed by atoms with Crippen LogP contribution in [-0.2, 0) is 4.74 Å². The van der Waals surface area contributed by atoms with Crippen molar-refractivity contribution in [2.24, 2.45) is 5.92 Å². The second kappa shape index (κ2) is 5.58. The lowest BCUT2D eigenvalue weighted by Crippen LogP contribution is -2.35. The standard InChI is InChI=1S/C14H17ClN2O3/c15-10-3-4-12(13(7-10)17(18)19)16-11-5-6-20-14(8-11)9-1-2-9/h3-4,7,9,11,14,16H,1-2,5-6,8H2. The summed E-state index contributed by atoms with van der Waals surface area (Å²) >= 11 is 5.82. The molecule has 0 spiro atoms. The number of anilines is 1. The van der Waals surface area contributed by atoms with Crippen molar-refractivity contribution < 1.29 is 9.66 Å². The number of nitro benzene ring substituents is 1. The van der Waals surface area contributed by atoms with E-state index in [1.165, 1.54) is 18.9 Å². The van der Waals surface area contributed by atoms with E-state index < -0.39 is 4.92 Å². The highest BCUT2D eigenvalue weighted by Gasteiger charge is 2.36. The van der Waals surface area contributed by atoms with Crippen molar-refractivity contribution in [2.45, 2.75) is 37.8 Å². The number of benzene rings is 1. The van der Waals surface area contributed by atoms with Gasteiger partial charge >= 0.3 is 0 Å². The molecular formula is C14H17ClN2O3. The summed E-state index contributed by atoms with van der Waals surface area (Å²) in [5, 5.41) is 14.8. The van der Waals surface area contributed by atoms with Crippen LogP contribution in [0.4, 0.5) is 11.4 Å². The zero-order chi connectivity index (χ0) is 14.1. The molecule has 0 radical (unpaired) electrons. The average molecular weight is 297 g/mol. The van der Waals surface area contributed by atoms with Gasteiger partial charge in [0.05, 0.1) is 11.0 Å². The second-order valence-corrected chi connectivity index (χ2v) is 5.97. The van der Waals surface area contributed by atoms with Crippen LogP contribution in [0.2, 0.25) is 5.02 Å². The first-order valence-corrected chi connectivity index (χ1v) is 7.33. The molecule has 108 valence electrons. The number of ether oxygens (including phenoxy) is 1. The summed E-state index contributed by atoms with van der Waals surface area (Å²) in [4.78, 5) is 10.7. The van der Waals surface area contributed by atoms with Gasteiger partial charge in [-0.2, -0.15) is 0 Å². The van der Waals surface area contributed by atoms with E-state index in [1.807, 2.05) is 0 Å². The van der Waals surface area contributed by atoms with Crippen LogP contribution in [0.15, 0.2) is 18.2 Å². The van der Waals surface area contributed by atoms with Crippen LogP contribution >= 0.6 is 11.6 Å². The molecule has 1 saturated carbocycles. The molecule has 0 bridgehead atoms. The molecule has 2 atom stereocenters. The summed E-state index contributed by atoms with van der Waals surface area (Å²) in [5.41, 5.74) is 0.577. The molecule has 1 heterocycles. The van der Waals surface area contributed by atoms with Crippen molar-refractivity contribution in [3.63, 3.8) is 0 Å². The lowest BCUT2D eigenvalue weighted by Gasteiger charge is -2.30. The number of halogens is 1. The van der Waals surface area contributed by atoms with Gasteiger partial charge in [0.1, 0.15) is 5.69 Å². The summed E-state index contributed by atoms with van der Waals surface area (Å²) < 4.78 is 5.77. The minimum atomic E-state index is -0.397. The fourth-order valence-corrected chi connectivity index (χ4v) is 2.92. The third-order valence-corrected chi connectivity index (χ3v) is 4.21. The van der Waals surface area contributed by atoms with Crippen molar-refractivity contribution in [1.29, 1.82) is 0 Å². The Labute approximate surface area is 122 Å². The highest BCUT2D eigenvalue weighted by molar-refractivity contribution is 6.30. The molecular weight excluding hydrogens is 280 g/mol. The van der Waals surface area contributed by atoms with E-state index in [0.29, 0.717) is 22.7 Å². The highest BCUT2D eigenvalue weighted by Crippen LogP contribution is 2.39. The molecule has 2 fully saturated rings. The summed E-state index contributed by atoms with van der Waals surface area (Å²) in [5.74, 6) is 0.694. The minimum Gasteiger partial charge on any atom is -0.378 e. The number of hydrogen-bond acceptors (Lipinski definition) is 4. The first-order chi connectivity index (χ1) is 9.63. The first kappa shape index (κ1) is 13.6. The molecule has 1 saturated heterocycles. The van der Waals surface area contributed by atoms with E-state index >= 15 is 0 Å². The molecule has 5 nitrogen and oxygen atoms in total. The largest absolute Gasteiger partial charge is 0.378 e. The number of nitro groups is 1. The van der Waals surface area contributed by atoms with Crippen LogP contribution in [0.1, 0.15) is 25.7 Å². The highest BCUT2D eigenvalue weighted by atomic mass is 35.5. The van der Waals surface area contributed by atoms with Crippen LogP contribution in [0.25, 0.3) is 0 Å². The maximum Gasteiger partial charge on any atom is 0.293 e. The third-order valence-electron chi connectivity index (χ3n) is 3.98. The van der Waals surface area contributed by atoms with Crippen LogP contribution in [-0.4, -0.2) is 23.7 Å². The summed E-state index contributed by atoms with van der Waals surface area (Å²) in [6.07, 6.45) is 4.61. The van der Waals surface area contributed by atoms with Gasteiger partial charge in [-0.3, -0.25) is 10.1 Å². The fraction of sp³-hybridized carbons (Fsp3) is 0.571. The van der Waals surface area contributed by atoms with Gasteiger partial charge in [0.15, 0.2) is 0 Å². The van der Waals surface area contributed by atoms with Crippen molar-refractivity contribution in [1.82, 2.24) is 0 Å². The molecule has 1 aromatic rings. The Bertz CT molecular complexity index is 519. The maximum absolute atomic E-state index is 11.1. The maximum atomic E-state index is 11.1. The van der Waals surface area contributed by atoms with Crippen LogP contribution in [0.5, 0.6) is 0 Å². The van der Waals surface area contributed by atoms with Gasteiger partial charge in [-0.15, -0.1) is 0 Å². The SMILES string of the molecule is O=[N+]([O-])c1cc(Cl)ccc1NC1CCOC(C2CC2)C1.